The van der Waals surface area contributed by atoms with Gasteiger partial charge in [0.1, 0.15) is 11.5 Å². The van der Waals surface area contributed by atoms with Crippen molar-refractivity contribution in [2.75, 3.05) is 11.9 Å². The van der Waals surface area contributed by atoms with Crippen LogP contribution in [0.5, 0.6) is 11.5 Å². The highest BCUT2D eigenvalue weighted by molar-refractivity contribution is 5.75. The molecule has 0 radical (unpaired) electrons. The van der Waals surface area contributed by atoms with Crippen LogP contribution in [0.4, 0.5) is 11.4 Å². The minimum Gasteiger partial charge on any atom is -0.463 e. The average molecular weight is 380 g/mol. The minimum atomic E-state index is -0.812. The number of benzene rings is 2. The molecule has 2 aromatic carbocycles. The molecule has 0 saturated heterocycles. The number of carbonyl (C=O) groups excluding carboxylic acids is 1. The van der Waals surface area contributed by atoms with E-state index in [0.717, 1.165) is 11.3 Å². The summed E-state index contributed by atoms with van der Waals surface area (Å²) in [6.45, 7) is 5.50. The quantitative estimate of drug-likeness (QED) is 0.338. The Morgan fingerprint density at radius 3 is 2.64 bits per heavy atom. The number of carbonyl (C=O) groups is 1. The fourth-order valence-corrected chi connectivity index (χ4v) is 4.12. The van der Waals surface area contributed by atoms with E-state index in [-0.39, 0.29) is 11.7 Å². The molecule has 1 atom stereocenters. The topological polar surface area (TPSA) is 81.9 Å². The first kappa shape index (κ1) is 18.0. The standard InChI is InChI=1S/C21H20N2O5/c1-13(24)27-16-6-7-18-17(12-16)20(2,3)21(22(18)4)10-9-14-11-15(23(25)26)5-8-19(14)28-21/h5-12H,1-4H3. The summed E-state index contributed by atoms with van der Waals surface area (Å²) in [7, 11) is 1.94. The van der Waals surface area contributed by atoms with Crippen molar-refractivity contribution < 1.29 is 19.2 Å². The number of likely N-dealkylation sites (N-methyl/N-ethyl adjacent to an activating group) is 1. The predicted molar refractivity (Wildman–Crippen MR) is 105 cm³/mol. The molecule has 0 amide bonds. The van der Waals surface area contributed by atoms with Crippen LogP contribution in [0.15, 0.2) is 42.5 Å². The molecule has 0 fully saturated rings. The first-order chi connectivity index (χ1) is 13.2. The molecule has 4 rings (SSSR count). The predicted octanol–water partition coefficient (Wildman–Crippen LogP) is 4.05. The number of anilines is 1. The highest BCUT2D eigenvalue weighted by Gasteiger charge is 2.57. The van der Waals surface area contributed by atoms with Gasteiger partial charge in [0.15, 0.2) is 0 Å². The van der Waals surface area contributed by atoms with Crippen LogP contribution in [0.1, 0.15) is 31.9 Å². The number of esters is 1. The molecule has 2 heterocycles. The first-order valence-corrected chi connectivity index (χ1v) is 8.89. The van der Waals surface area contributed by atoms with Crippen LogP contribution in [-0.2, 0) is 10.2 Å². The van der Waals surface area contributed by atoms with Crippen molar-refractivity contribution >= 4 is 23.4 Å². The van der Waals surface area contributed by atoms with E-state index >= 15 is 0 Å². The van der Waals surface area contributed by atoms with Crippen LogP contribution in [0.25, 0.3) is 6.08 Å². The van der Waals surface area contributed by atoms with Gasteiger partial charge in [-0.05, 0) is 55.8 Å². The molecule has 7 heteroatoms. The summed E-state index contributed by atoms with van der Waals surface area (Å²) in [4.78, 5) is 24.0. The zero-order chi connectivity index (χ0) is 20.3. The Hall–Kier alpha value is -3.35. The van der Waals surface area contributed by atoms with Gasteiger partial charge in [0.05, 0.1) is 10.3 Å². The lowest BCUT2D eigenvalue weighted by Gasteiger charge is -2.45. The van der Waals surface area contributed by atoms with E-state index in [0.29, 0.717) is 17.1 Å². The van der Waals surface area contributed by atoms with E-state index in [1.807, 2.05) is 36.2 Å². The van der Waals surface area contributed by atoms with Gasteiger partial charge in [-0.2, -0.15) is 0 Å². The fraction of sp³-hybridized carbons (Fsp3) is 0.286. The van der Waals surface area contributed by atoms with Crippen LogP contribution in [-0.4, -0.2) is 23.7 Å². The van der Waals surface area contributed by atoms with Crippen LogP contribution in [0, 0.1) is 10.1 Å². The Kier molecular flexibility index (Phi) is 3.75. The summed E-state index contributed by atoms with van der Waals surface area (Å²) in [5.74, 6) is 0.699. The molecule has 7 nitrogen and oxygen atoms in total. The Balaban J connectivity index is 1.79. The van der Waals surface area contributed by atoms with Crippen LogP contribution in [0.3, 0.4) is 0 Å². The van der Waals surface area contributed by atoms with E-state index in [1.54, 1.807) is 12.1 Å². The maximum absolute atomic E-state index is 11.3. The highest BCUT2D eigenvalue weighted by Crippen LogP contribution is 2.55. The van der Waals surface area contributed by atoms with Crippen molar-refractivity contribution in [1.82, 2.24) is 0 Å². The number of nitrogens with zero attached hydrogens (tertiary/aromatic N) is 2. The van der Waals surface area contributed by atoms with Gasteiger partial charge in [0.25, 0.3) is 5.69 Å². The third-order valence-corrected chi connectivity index (χ3v) is 5.62. The lowest BCUT2D eigenvalue weighted by molar-refractivity contribution is -0.384. The van der Waals surface area contributed by atoms with Crippen molar-refractivity contribution in [3.8, 4) is 11.5 Å². The Bertz CT molecular complexity index is 1040. The van der Waals surface area contributed by atoms with E-state index in [9.17, 15) is 14.9 Å². The number of ether oxygens (including phenoxy) is 2. The Labute approximate surface area is 162 Å². The third-order valence-electron chi connectivity index (χ3n) is 5.62. The summed E-state index contributed by atoms with van der Waals surface area (Å²) < 4.78 is 11.7. The monoisotopic (exact) mass is 380 g/mol. The van der Waals surface area contributed by atoms with Crippen LogP contribution >= 0.6 is 0 Å². The maximum atomic E-state index is 11.3. The van der Waals surface area contributed by atoms with Crippen molar-refractivity contribution in [3.63, 3.8) is 0 Å². The molecule has 0 N–H and O–H groups in total. The lowest BCUT2D eigenvalue weighted by Crippen LogP contribution is -2.58. The SMILES string of the molecule is CC(=O)Oc1ccc2c(c1)C(C)(C)C1(C=Cc3cc([N+](=O)[O-])ccc3O1)N2C. The van der Waals surface area contributed by atoms with Crippen molar-refractivity contribution in [3.05, 3.63) is 63.7 Å². The number of fused-ring (bicyclic) bond motifs is 2. The van der Waals surface area contributed by atoms with Crippen LogP contribution < -0.4 is 14.4 Å². The lowest BCUT2D eigenvalue weighted by atomic mass is 9.76. The fourth-order valence-electron chi connectivity index (χ4n) is 4.12. The number of hydrogen-bond acceptors (Lipinski definition) is 6. The van der Waals surface area contributed by atoms with Crippen molar-refractivity contribution in [1.29, 1.82) is 0 Å². The molecule has 1 spiro atoms. The van der Waals surface area contributed by atoms with Gasteiger partial charge in [0, 0.05) is 37.4 Å². The summed E-state index contributed by atoms with van der Waals surface area (Å²) in [6.07, 6.45) is 3.80. The average Bonchev–Trinajstić information content (AvgIpc) is 2.79. The number of hydrogen-bond donors (Lipinski definition) is 0. The molecule has 0 aliphatic carbocycles. The van der Waals surface area contributed by atoms with E-state index in [1.165, 1.54) is 19.1 Å². The number of nitro benzene ring substituents is 1. The second-order valence-corrected chi connectivity index (χ2v) is 7.57. The summed E-state index contributed by atoms with van der Waals surface area (Å²) >= 11 is 0. The molecule has 0 aromatic heterocycles. The van der Waals surface area contributed by atoms with Gasteiger partial charge in [-0.25, -0.2) is 0 Å². The molecular weight excluding hydrogens is 360 g/mol. The second kappa shape index (κ2) is 5.82. The summed E-state index contributed by atoms with van der Waals surface area (Å²) in [5.41, 5.74) is 1.35. The maximum Gasteiger partial charge on any atom is 0.308 e. The molecule has 0 saturated carbocycles. The zero-order valence-electron chi connectivity index (χ0n) is 16.1. The molecule has 2 aliphatic heterocycles. The molecule has 144 valence electrons. The Morgan fingerprint density at radius 1 is 1.21 bits per heavy atom. The van der Waals surface area contributed by atoms with Gasteiger partial charge < -0.3 is 14.4 Å². The first-order valence-electron chi connectivity index (χ1n) is 8.89. The molecule has 0 bridgehead atoms. The molecular formula is C21H20N2O5. The van der Waals surface area contributed by atoms with Gasteiger partial charge in [0.2, 0.25) is 5.72 Å². The van der Waals surface area contributed by atoms with Crippen molar-refractivity contribution in [2.45, 2.75) is 31.9 Å². The zero-order valence-corrected chi connectivity index (χ0v) is 16.1. The van der Waals surface area contributed by atoms with Crippen molar-refractivity contribution in [2.24, 2.45) is 0 Å². The molecule has 1 unspecified atom stereocenters. The smallest absolute Gasteiger partial charge is 0.308 e. The van der Waals surface area contributed by atoms with Crippen LogP contribution in [0.2, 0.25) is 0 Å². The number of rotatable bonds is 2. The molecule has 28 heavy (non-hydrogen) atoms. The minimum absolute atomic E-state index is 0.0243. The van der Waals surface area contributed by atoms with Gasteiger partial charge in [-0.3, -0.25) is 14.9 Å². The Morgan fingerprint density at radius 2 is 1.96 bits per heavy atom. The molecule has 2 aromatic rings. The van der Waals surface area contributed by atoms with Gasteiger partial charge in [-0.15, -0.1) is 0 Å². The normalized spacial score (nSPS) is 21.1. The van der Waals surface area contributed by atoms with E-state index < -0.39 is 16.1 Å². The van der Waals surface area contributed by atoms with E-state index in [2.05, 4.69) is 13.8 Å². The largest absolute Gasteiger partial charge is 0.463 e. The second-order valence-electron chi connectivity index (χ2n) is 7.57. The van der Waals surface area contributed by atoms with Gasteiger partial charge in [-0.1, -0.05) is 0 Å². The number of nitro groups is 1. The van der Waals surface area contributed by atoms with Gasteiger partial charge >= 0.3 is 5.97 Å². The van der Waals surface area contributed by atoms with E-state index in [4.69, 9.17) is 9.47 Å². The third kappa shape index (κ3) is 2.39. The number of non-ortho nitro benzene ring substituents is 1. The summed E-state index contributed by atoms with van der Waals surface area (Å²) in [6, 6.07) is 10.1. The highest BCUT2D eigenvalue weighted by atomic mass is 16.6. The molecule has 2 aliphatic rings. The summed E-state index contributed by atoms with van der Waals surface area (Å²) in [5, 5.41) is 11.0.